The maximum atomic E-state index is 6.43. The maximum Gasteiger partial charge on any atom is 0.120 e. The Balaban J connectivity index is 0.000000234. The molecule has 0 spiro atoms. The summed E-state index contributed by atoms with van der Waals surface area (Å²) in [4.78, 5) is 9.34. The molecule has 1 radical (unpaired) electrons. The smallest absolute Gasteiger partial charge is 0.120 e. The van der Waals surface area contributed by atoms with Crippen LogP contribution in [0.3, 0.4) is 0 Å². The van der Waals surface area contributed by atoms with E-state index < -0.39 is 0 Å². The zero-order chi connectivity index (χ0) is 36.3. The molecular formula is C48H50IrN2O-2. The zero-order valence-electron chi connectivity index (χ0n) is 32.0. The maximum absolute atomic E-state index is 6.43. The molecule has 0 saturated carbocycles. The molecule has 52 heavy (non-hydrogen) atoms. The molecule has 0 aliphatic heterocycles. The average Bonchev–Trinajstić information content (AvgIpc) is 3.49. The van der Waals surface area contributed by atoms with Gasteiger partial charge in [0, 0.05) is 43.3 Å². The Bertz CT molecular complexity index is 2260. The largest absolute Gasteiger partial charge is 0.500 e. The third kappa shape index (κ3) is 8.63. The van der Waals surface area contributed by atoms with Crippen molar-refractivity contribution in [2.75, 3.05) is 0 Å². The van der Waals surface area contributed by atoms with Crippen LogP contribution in [0.15, 0.2) is 108 Å². The molecule has 0 amide bonds. The van der Waals surface area contributed by atoms with Gasteiger partial charge in [0.15, 0.2) is 0 Å². The molecule has 0 atom stereocenters. The van der Waals surface area contributed by atoms with Crippen LogP contribution in [0.25, 0.3) is 44.5 Å². The number of nitrogens with zero attached hydrogens (tertiary/aromatic N) is 2. The molecule has 7 rings (SSSR count). The summed E-state index contributed by atoms with van der Waals surface area (Å²) in [6.45, 7) is 19.9. The van der Waals surface area contributed by atoms with Crippen LogP contribution >= 0.6 is 0 Å². The van der Waals surface area contributed by atoms with Crippen LogP contribution in [0.1, 0.15) is 80.5 Å². The monoisotopic (exact) mass is 863 g/mol. The first-order chi connectivity index (χ1) is 24.4. The molecule has 3 aromatic heterocycles. The van der Waals surface area contributed by atoms with Gasteiger partial charge in [-0.15, -0.1) is 53.1 Å². The van der Waals surface area contributed by atoms with Crippen LogP contribution in [0, 0.1) is 44.7 Å². The van der Waals surface area contributed by atoms with Crippen molar-refractivity contribution in [1.82, 2.24) is 9.97 Å². The van der Waals surface area contributed by atoms with Crippen LogP contribution in [0.5, 0.6) is 0 Å². The topological polar surface area (TPSA) is 38.9 Å². The van der Waals surface area contributed by atoms with Crippen molar-refractivity contribution in [3.63, 3.8) is 0 Å². The Morgan fingerprint density at radius 1 is 0.673 bits per heavy atom. The van der Waals surface area contributed by atoms with Gasteiger partial charge in [0.25, 0.3) is 0 Å². The molecule has 0 aliphatic carbocycles. The number of furan rings is 1. The van der Waals surface area contributed by atoms with E-state index in [0.29, 0.717) is 11.8 Å². The average molecular weight is 863 g/mol. The minimum Gasteiger partial charge on any atom is -0.500 e. The molecular weight excluding hydrogens is 813 g/mol. The predicted molar refractivity (Wildman–Crippen MR) is 214 cm³/mol. The standard InChI is InChI=1S/C31H30NO.C17H20N.Ir/c1-20(2)15-22-18-28(32-19-21(22)3)23-16-26-25-13-9-10-14-29(25)33-30(26)27(17-23)31(4,5)24-11-7-6-8-12-24;1-12(2)9-16-10-17(18-11-14(16)4)15-7-5-13(3)6-8-15;/h6-14,16,18-20H,15H2,1-5H3;5-7,10-12H,9H2,1-4H3;/q2*-1;. The number of para-hydroxylation sites is 1. The van der Waals surface area contributed by atoms with E-state index in [-0.39, 0.29) is 25.5 Å². The van der Waals surface area contributed by atoms with Crippen molar-refractivity contribution in [2.45, 2.75) is 80.6 Å². The van der Waals surface area contributed by atoms with E-state index in [1.807, 2.05) is 30.6 Å². The second-order valence-corrected chi connectivity index (χ2v) is 15.4. The van der Waals surface area contributed by atoms with E-state index in [1.54, 1.807) is 0 Å². The van der Waals surface area contributed by atoms with Crippen molar-refractivity contribution in [1.29, 1.82) is 0 Å². The summed E-state index contributed by atoms with van der Waals surface area (Å²) < 4.78 is 6.43. The fourth-order valence-electron chi connectivity index (χ4n) is 6.75. The third-order valence-electron chi connectivity index (χ3n) is 9.74. The number of aryl methyl sites for hydroxylation is 3. The first-order valence-electron chi connectivity index (χ1n) is 18.2. The third-order valence-corrected chi connectivity index (χ3v) is 9.74. The van der Waals surface area contributed by atoms with Gasteiger partial charge in [0.1, 0.15) is 5.58 Å². The first kappa shape index (κ1) is 38.9. The Kier molecular flexibility index (Phi) is 12.4. The van der Waals surface area contributed by atoms with Crippen molar-refractivity contribution in [2.24, 2.45) is 11.8 Å². The molecule has 0 saturated heterocycles. The quantitative estimate of drug-likeness (QED) is 0.143. The van der Waals surface area contributed by atoms with E-state index >= 15 is 0 Å². The van der Waals surface area contributed by atoms with E-state index in [2.05, 4.69) is 152 Å². The van der Waals surface area contributed by atoms with Crippen molar-refractivity contribution in [3.8, 4) is 22.5 Å². The van der Waals surface area contributed by atoms with E-state index in [9.17, 15) is 0 Å². The van der Waals surface area contributed by atoms with Crippen LogP contribution in [0.4, 0.5) is 0 Å². The Hall–Kier alpha value is -4.37. The molecule has 269 valence electrons. The van der Waals surface area contributed by atoms with E-state index in [4.69, 9.17) is 9.40 Å². The van der Waals surface area contributed by atoms with Gasteiger partial charge in [-0.25, -0.2) is 0 Å². The van der Waals surface area contributed by atoms with Gasteiger partial charge in [0.2, 0.25) is 0 Å². The van der Waals surface area contributed by atoms with Gasteiger partial charge >= 0.3 is 0 Å². The molecule has 7 aromatic rings. The first-order valence-corrected chi connectivity index (χ1v) is 18.2. The fourth-order valence-corrected chi connectivity index (χ4v) is 6.75. The second-order valence-electron chi connectivity index (χ2n) is 15.4. The molecule has 3 nitrogen and oxygen atoms in total. The normalized spacial score (nSPS) is 11.5. The number of benzene rings is 4. The van der Waals surface area contributed by atoms with Crippen LogP contribution in [-0.2, 0) is 38.4 Å². The van der Waals surface area contributed by atoms with Crippen LogP contribution < -0.4 is 0 Å². The number of rotatable bonds is 8. The molecule has 0 aliphatic rings. The molecule has 4 heteroatoms. The van der Waals surface area contributed by atoms with Crippen molar-refractivity contribution in [3.05, 3.63) is 154 Å². The van der Waals surface area contributed by atoms with Gasteiger partial charge in [-0.1, -0.05) is 131 Å². The molecule has 0 bridgehead atoms. The van der Waals surface area contributed by atoms with Gasteiger partial charge in [-0.3, -0.25) is 0 Å². The molecule has 0 N–H and O–H groups in total. The van der Waals surface area contributed by atoms with Gasteiger partial charge in [-0.2, -0.15) is 0 Å². The van der Waals surface area contributed by atoms with Crippen molar-refractivity contribution >= 4 is 21.9 Å². The minimum absolute atomic E-state index is 0. The molecule has 3 heterocycles. The molecule has 0 unspecified atom stereocenters. The summed E-state index contributed by atoms with van der Waals surface area (Å²) in [5, 5.41) is 2.24. The van der Waals surface area contributed by atoms with E-state index in [0.717, 1.165) is 62.9 Å². The van der Waals surface area contributed by atoms with Gasteiger partial charge in [-0.05, 0) is 72.7 Å². The zero-order valence-corrected chi connectivity index (χ0v) is 34.4. The Morgan fingerprint density at radius 3 is 1.83 bits per heavy atom. The van der Waals surface area contributed by atoms with E-state index in [1.165, 1.54) is 33.4 Å². The summed E-state index contributed by atoms with van der Waals surface area (Å²) >= 11 is 0. The van der Waals surface area contributed by atoms with Gasteiger partial charge < -0.3 is 14.4 Å². The molecule has 4 aromatic carbocycles. The summed E-state index contributed by atoms with van der Waals surface area (Å²) in [6, 6.07) is 38.8. The Labute approximate surface area is 324 Å². The predicted octanol–water partition coefficient (Wildman–Crippen LogP) is 12.6. The number of fused-ring (bicyclic) bond motifs is 3. The van der Waals surface area contributed by atoms with Crippen molar-refractivity contribution < 1.29 is 24.5 Å². The summed E-state index contributed by atoms with van der Waals surface area (Å²) in [7, 11) is 0. The van der Waals surface area contributed by atoms with Gasteiger partial charge in [0.05, 0.1) is 5.58 Å². The summed E-state index contributed by atoms with van der Waals surface area (Å²) in [5.41, 5.74) is 14.4. The van der Waals surface area contributed by atoms with Crippen LogP contribution in [0.2, 0.25) is 0 Å². The Morgan fingerprint density at radius 2 is 1.25 bits per heavy atom. The minimum atomic E-state index is -0.283. The summed E-state index contributed by atoms with van der Waals surface area (Å²) in [6.07, 6.45) is 6.12. The molecule has 0 fully saturated rings. The number of pyridine rings is 2. The second kappa shape index (κ2) is 16.5. The van der Waals surface area contributed by atoms with Crippen LogP contribution in [-0.4, -0.2) is 9.97 Å². The fraction of sp³-hybridized carbons (Fsp3) is 0.292. The SMILES string of the molecule is Cc1c[c-]c(-c2cc(CC(C)C)c(C)cn2)cc1.Cc1cnc(-c2[c-]c(C(C)(C)c3ccccc3)c3oc4ccccc4c3c2)cc1CC(C)C.[Ir]. The number of hydrogen-bond acceptors (Lipinski definition) is 3. The number of hydrogen-bond donors (Lipinski definition) is 0. The number of aromatic nitrogens is 2. The summed E-state index contributed by atoms with van der Waals surface area (Å²) in [5.74, 6) is 1.26.